The molecule has 0 saturated heterocycles. The first-order chi connectivity index (χ1) is 9.18. The lowest BCUT2D eigenvalue weighted by Crippen LogP contribution is -2.18. The first-order valence-corrected chi connectivity index (χ1v) is 6.62. The number of benzene rings is 2. The Labute approximate surface area is 114 Å². The zero-order chi connectivity index (χ0) is 13.7. The molecule has 2 rings (SSSR count). The van der Waals surface area contributed by atoms with Gasteiger partial charge in [0, 0.05) is 0 Å². The molecule has 0 fully saturated rings. The van der Waals surface area contributed by atoms with Crippen LogP contribution in [-0.2, 0) is 4.74 Å². The maximum Gasteiger partial charge on any atom is 0.113 e. The van der Waals surface area contributed by atoms with Crippen LogP contribution in [0.3, 0.4) is 0 Å². The Kier molecular flexibility index (Phi) is 4.72. The second kappa shape index (κ2) is 6.50. The first-order valence-electron chi connectivity index (χ1n) is 6.62. The molecule has 100 valence electrons. The molecule has 0 aromatic heterocycles. The van der Waals surface area contributed by atoms with Crippen LogP contribution in [0.25, 0.3) is 0 Å². The third-order valence-electron chi connectivity index (χ3n) is 2.97. The van der Waals surface area contributed by atoms with Crippen LogP contribution in [0.1, 0.15) is 37.2 Å². The van der Waals surface area contributed by atoms with E-state index in [4.69, 9.17) is 4.74 Å². The fourth-order valence-corrected chi connectivity index (χ4v) is 2.10. The molecule has 19 heavy (non-hydrogen) atoms. The van der Waals surface area contributed by atoms with E-state index in [9.17, 15) is 5.11 Å². The highest BCUT2D eigenvalue weighted by Crippen LogP contribution is 2.32. The number of aliphatic hydroxyl groups is 1. The quantitative estimate of drug-likeness (QED) is 0.879. The molecule has 1 N–H and O–H groups in total. The molecule has 0 aliphatic rings. The van der Waals surface area contributed by atoms with Gasteiger partial charge in [-0.25, -0.2) is 0 Å². The van der Waals surface area contributed by atoms with Gasteiger partial charge in [0.15, 0.2) is 0 Å². The summed E-state index contributed by atoms with van der Waals surface area (Å²) >= 11 is 0. The molecular formula is C17H20O2. The third-order valence-corrected chi connectivity index (χ3v) is 2.97. The lowest BCUT2D eigenvalue weighted by atomic mass is 9.98. The van der Waals surface area contributed by atoms with Gasteiger partial charge in [0.1, 0.15) is 12.2 Å². The molecule has 0 bridgehead atoms. The molecule has 0 unspecified atom stereocenters. The third kappa shape index (κ3) is 3.66. The fraction of sp³-hybridized carbons (Fsp3) is 0.294. The van der Waals surface area contributed by atoms with Crippen LogP contribution in [0.15, 0.2) is 60.7 Å². The number of rotatable bonds is 5. The minimum absolute atomic E-state index is 0.0589. The molecule has 2 heteroatoms. The lowest BCUT2D eigenvalue weighted by Gasteiger charge is -2.26. The van der Waals surface area contributed by atoms with Crippen LogP contribution < -0.4 is 0 Å². The van der Waals surface area contributed by atoms with Gasteiger partial charge in [-0.3, -0.25) is 0 Å². The van der Waals surface area contributed by atoms with Gasteiger partial charge in [0.25, 0.3) is 0 Å². The Bertz CT molecular complexity index is 479. The summed E-state index contributed by atoms with van der Waals surface area (Å²) in [5.74, 6) is 0. The summed E-state index contributed by atoms with van der Waals surface area (Å²) < 4.78 is 5.90. The van der Waals surface area contributed by atoms with E-state index >= 15 is 0 Å². The van der Waals surface area contributed by atoms with Gasteiger partial charge in [-0.15, -0.1) is 0 Å². The standard InChI is InChI=1S/C17H20O2/c1-13(2)19-17(15-11-7-4-8-12-15)16(18)14-9-5-3-6-10-14/h3-13,16-18H,1-2H3/t16-,17+/m1/s1. The fourth-order valence-electron chi connectivity index (χ4n) is 2.10. The van der Waals surface area contributed by atoms with Crippen LogP contribution >= 0.6 is 0 Å². The minimum atomic E-state index is -0.661. The summed E-state index contributed by atoms with van der Waals surface area (Å²) in [5, 5.41) is 10.6. The summed E-state index contributed by atoms with van der Waals surface area (Å²) in [7, 11) is 0. The van der Waals surface area contributed by atoms with E-state index in [0.29, 0.717) is 0 Å². The van der Waals surface area contributed by atoms with Crippen molar-refractivity contribution in [2.24, 2.45) is 0 Å². The van der Waals surface area contributed by atoms with E-state index in [1.807, 2.05) is 74.5 Å². The highest BCUT2D eigenvalue weighted by atomic mass is 16.5. The maximum atomic E-state index is 10.6. The molecule has 2 atom stereocenters. The molecular weight excluding hydrogens is 236 g/mol. The minimum Gasteiger partial charge on any atom is -0.385 e. The van der Waals surface area contributed by atoms with Crippen molar-refractivity contribution < 1.29 is 9.84 Å². The molecule has 2 aromatic carbocycles. The first kappa shape index (κ1) is 13.8. The Morgan fingerprint density at radius 2 is 1.26 bits per heavy atom. The molecule has 0 heterocycles. The average molecular weight is 256 g/mol. The van der Waals surface area contributed by atoms with Gasteiger partial charge in [-0.2, -0.15) is 0 Å². The molecule has 0 aliphatic heterocycles. The van der Waals surface area contributed by atoms with Crippen molar-refractivity contribution in [1.29, 1.82) is 0 Å². The van der Waals surface area contributed by atoms with Gasteiger partial charge >= 0.3 is 0 Å². The Balaban J connectivity index is 2.28. The van der Waals surface area contributed by atoms with Gasteiger partial charge < -0.3 is 9.84 Å². The van der Waals surface area contributed by atoms with Gasteiger partial charge in [-0.05, 0) is 25.0 Å². The molecule has 0 aliphatic carbocycles. The van der Waals surface area contributed by atoms with Crippen LogP contribution in [0, 0.1) is 0 Å². The SMILES string of the molecule is CC(C)O[C@@H](c1ccccc1)[C@H](O)c1ccccc1. The van der Waals surface area contributed by atoms with Crippen molar-refractivity contribution in [3.63, 3.8) is 0 Å². The smallest absolute Gasteiger partial charge is 0.113 e. The molecule has 0 radical (unpaired) electrons. The lowest BCUT2D eigenvalue weighted by molar-refractivity contribution is -0.0690. The van der Waals surface area contributed by atoms with E-state index in [2.05, 4.69) is 0 Å². The molecule has 0 spiro atoms. The van der Waals surface area contributed by atoms with Crippen molar-refractivity contribution >= 4 is 0 Å². The monoisotopic (exact) mass is 256 g/mol. The van der Waals surface area contributed by atoms with Gasteiger partial charge in [-0.1, -0.05) is 60.7 Å². The van der Waals surface area contributed by atoms with Gasteiger partial charge in [0.2, 0.25) is 0 Å². The topological polar surface area (TPSA) is 29.5 Å². The van der Waals surface area contributed by atoms with Crippen molar-refractivity contribution in [3.05, 3.63) is 71.8 Å². The largest absolute Gasteiger partial charge is 0.385 e. The predicted octanol–water partition coefficient (Wildman–Crippen LogP) is 3.89. The van der Waals surface area contributed by atoms with E-state index < -0.39 is 6.10 Å². The molecule has 0 saturated carbocycles. The predicted molar refractivity (Wildman–Crippen MR) is 76.8 cm³/mol. The van der Waals surface area contributed by atoms with Crippen LogP contribution in [-0.4, -0.2) is 11.2 Å². The van der Waals surface area contributed by atoms with Gasteiger partial charge in [0.05, 0.1) is 6.10 Å². The second-order valence-corrected chi connectivity index (χ2v) is 4.87. The Hall–Kier alpha value is -1.64. The molecule has 2 aromatic rings. The summed E-state index contributed by atoms with van der Waals surface area (Å²) in [6.07, 6.45) is -0.946. The zero-order valence-electron chi connectivity index (χ0n) is 11.4. The highest BCUT2D eigenvalue weighted by molar-refractivity contribution is 5.25. The van der Waals surface area contributed by atoms with E-state index in [1.54, 1.807) is 0 Å². The summed E-state index contributed by atoms with van der Waals surface area (Å²) in [6.45, 7) is 3.96. The Morgan fingerprint density at radius 3 is 1.74 bits per heavy atom. The summed E-state index contributed by atoms with van der Waals surface area (Å²) in [5.41, 5.74) is 1.87. The van der Waals surface area contributed by atoms with Crippen molar-refractivity contribution in [3.8, 4) is 0 Å². The van der Waals surface area contributed by atoms with E-state index in [0.717, 1.165) is 11.1 Å². The van der Waals surface area contributed by atoms with Crippen LogP contribution in [0.4, 0.5) is 0 Å². The molecule has 0 amide bonds. The summed E-state index contributed by atoms with van der Waals surface area (Å²) in [4.78, 5) is 0. The van der Waals surface area contributed by atoms with Crippen molar-refractivity contribution in [1.82, 2.24) is 0 Å². The van der Waals surface area contributed by atoms with Crippen molar-refractivity contribution in [2.75, 3.05) is 0 Å². The van der Waals surface area contributed by atoms with E-state index in [1.165, 1.54) is 0 Å². The number of aliphatic hydroxyl groups excluding tert-OH is 1. The van der Waals surface area contributed by atoms with Crippen molar-refractivity contribution in [2.45, 2.75) is 32.2 Å². The number of ether oxygens (including phenoxy) is 1. The average Bonchev–Trinajstić information content (AvgIpc) is 2.46. The number of hydrogen-bond donors (Lipinski definition) is 1. The number of hydrogen-bond acceptors (Lipinski definition) is 2. The van der Waals surface area contributed by atoms with Crippen LogP contribution in [0.5, 0.6) is 0 Å². The van der Waals surface area contributed by atoms with E-state index in [-0.39, 0.29) is 12.2 Å². The highest BCUT2D eigenvalue weighted by Gasteiger charge is 2.24. The Morgan fingerprint density at radius 1 is 0.789 bits per heavy atom. The maximum absolute atomic E-state index is 10.6. The van der Waals surface area contributed by atoms with Crippen LogP contribution in [0.2, 0.25) is 0 Å². The normalized spacial score (nSPS) is 14.3. The summed E-state index contributed by atoms with van der Waals surface area (Å²) in [6, 6.07) is 19.5. The molecule has 2 nitrogen and oxygen atoms in total. The zero-order valence-corrected chi connectivity index (χ0v) is 11.4. The second-order valence-electron chi connectivity index (χ2n) is 4.87.